The predicted molar refractivity (Wildman–Crippen MR) is 53.1 cm³/mol. The largest absolute Gasteiger partial charge is 0.481 e. The van der Waals surface area contributed by atoms with E-state index in [1.165, 1.54) is 0 Å². The second-order valence-electron chi connectivity index (χ2n) is 3.21. The molecule has 0 aliphatic carbocycles. The van der Waals surface area contributed by atoms with Crippen LogP contribution in [0.25, 0.3) is 0 Å². The SMILES string of the molecule is N#Cc1ncc(C(F)F)c(CN)c1CC(=O)O. The van der Waals surface area contributed by atoms with Crippen molar-refractivity contribution in [1.29, 1.82) is 5.26 Å². The van der Waals surface area contributed by atoms with Crippen molar-refractivity contribution in [2.75, 3.05) is 0 Å². The molecule has 1 aromatic rings. The highest BCUT2D eigenvalue weighted by Gasteiger charge is 2.20. The number of halogens is 2. The third kappa shape index (κ3) is 2.73. The first-order chi connectivity index (χ1) is 8.01. The van der Waals surface area contributed by atoms with Crippen LogP contribution in [0, 0.1) is 11.3 Å². The number of carbonyl (C=O) groups is 1. The fourth-order valence-electron chi connectivity index (χ4n) is 1.47. The first kappa shape index (κ1) is 13.0. The third-order valence-corrected chi connectivity index (χ3v) is 2.20. The zero-order valence-electron chi connectivity index (χ0n) is 8.65. The lowest BCUT2D eigenvalue weighted by atomic mass is 9.99. The van der Waals surface area contributed by atoms with E-state index in [-0.39, 0.29) is 23.4 Å². The summed E-state index contributed by atoms with van der Waals surface area (Å²) in [6.07, 6.45) is -2.50. The molecule has 7 heteroatoms. The second-order valence-corrected chi connectivity index (χ2v) is 3.21. The summed E-state index contributed by atoms with van der Waals surface area (Å²) >= 11 is 0. The van der Waals surface area contributed by atoms with Crippen LogP contribution < -0.4 is 5.73 Å². The first-order valence-corrected chi connectivity index (χ1v) is 4.62. The van der Waals surface area contributed by atoms with Gasteiger partial charge < -0.3 is 10.8 Å². The average Bonchev–Trinajstić information content (AvgIpc) is 2.27. The van der Waals surface area contributed by atoms with Crippen LogP contribution in [0.3, 0.4) is 0 Å². The van der Waals surface area contributed by atoms with Gasteiger partial charge in [0.2, 0.25) is 0 Å². The van der Waals surface area contributed by atoms with Crippen molar-refractivity contribution in [2.45, 2.75) is 19.4 Å². The van der Waals surface area contributed by atoms with Gasteiger partial charge in [-0.15, -0.1) is 0 Å². The van der Waals surface area contributed by atoms with E-state index < -0.39 is 24.4 Å². The minimum atomic E-state index is -2.80. The van der Waals surface area contributed by atoms with Crippen LogP contribution in [0.15, 0.2) is 6.20 Å². The number of aromatic nitrogens is 1. The Hall–Kier alpha value is -2.07. The molecular formula is C10H9F2N3O2. The van der Waals surface area contributed by atoms with Gasteiger partial charge in [-0.1, -0.05) is 0 Å². The Bertz CT molecular complexity index is 483. The van der Waals surface area contributed by atoms with Crippen molar-refractivity contribution >= 4 is 5.97 Å². The van der Waals surface area contributed by atoms with Gasteiger partial charge in [0.05, 0.1) is 6.42 Å². The molecule has 0 aromatic carbocycles. The Morgan fingerprint density at radius 2 is 2.24 bits per heavy atom. The second kappa shape index (κ2) is 5.32. The van der Waals surface area contributed by atoms with Gasteiger partial charge in [0.15, 0.2) is 0 Å². The molecule has 0 aliphatic rings. The Morgan fingerprint density at radius 1 is 1.59 bits per heavy atom. The van der Waals surface area contributed by atoms with Crippen molar-refractivity contribution < 1.29 is 18.7 Å². The number of carboxylic acids is 1. The maximum atomic E-state index is 12.6. The minimum Gasteiger partial charge on any atom is -0.481 e. The van der Waals surface area contributed by atoms with Crippen molar-refractivity contribution in [1.82, 2.24) is 4.98 Å². The fourth-order valence-corrected chi connectivity index (χ4v) is 1.47. The highest BCUT2D eigenvalue weighted by molar-refractivity contribution is 5.72. The topological polar surface area (TPSA) is 100 Å². The molecule has 90 valence electrons. The zero-order valence-corrected chi connectivity index (χ0v) is 8.65. The molecule has 0 saturated heterocycles. The third-order valence-electron chi connectivity index (χ3n) is 2.20. The van der Waals surface area contributed by atoms with E-state index in [1.54, 1.807) is 6.07 Å². The summed E-state index contributed by atoms with van der Waals surface area (Å²) in [5, 5.41) is 17.4. The number of nitriles is 1. The van der Waals surface area contributed by atoms with Crippen LogP contribution in [0.2, 0.25) is 0 Å². The summed E-state index contributed by atoms with van der Waals surface area (Å²) < 4.78 is 25.3. The van der Waals surface area contributed by atoms with Crippen molar-refractivity contribution in [2.24, 2.45) is 5.73 Å². The summed E-state index contributed by atoms with van der Waals surface area (Å²) in [6.45, 7) is -0.264. The average molecular weight is 241 g/mol. The first-order valence-electron chi connectivity index (χ1n) is 4.62. The number of hydrogen-bond acceptors (Lipinski definition) is 4. The molecule has 0 bridgehead atoms. The number of nitrogens with two attached hydrogens (primary N) is 1. The summed E-state index contributed by atoms with van der Waals surface area (Å²) in [5.74, 6) is -1.23. The van der Waals surface area contributed by atoms with Crippen LogP contribution in [-0.2, 0) is 17.8 Å². The van der Waals surface area contributed by atoms with E-state index in [1.807, 2.05) is 0 Å². The lowest BCUT2D eigenvalue weighted by molar-refractivity contribution is -0.136. The van der Waals surface area contributed by atoms with Gasteiger partial charge >= 0.3 is 5.97 Å². The van der Waals surface area contributed by atoms with Crippen LogP contribution >= 0.6 is 0 Å². The van der Waals surface area contributed by atoms with Crippen LogP contribution in [0.4, 0.5) is 8.78 Å². The summed E-state index contributed by atoms with van der Waals surface area (Å²) in [6, 6.07) is 1.67. The van der Waals surface area contributed by atoms with E-state index in [4.69, 9.17) is 16.1 Å². The smallest absolute Gasteiger partial charge is 0.307 e. The number of carboxylic acid groups (broad SMARTS) is 1. The molecule has 0 radical (unpaired) electrons. The molecule has 1 heterocycles. The van der Waals surface area contributed by atoms with Crippen LogP contribution in [0.1, 0.15) is 28.8 Å². The van der Waals surface area contributed by atoms with Crippen molar-refractivity contribution in [3.8, 4) is 6.07 Å². The van der Waals surface area contributed by atoms with Gasteiger partial charge in [0.25, 0.3) is 6.43 Å². The predicted octanol–water partition coefficient (Wildman–Crippen LogP) is 0.977. The fraction of sp³-hybridized carbons (Fsp3) is 0.300. The molecule has 0 aliphatic heterocycles. The monoisotopic (exact) mass is 241 g/mol. The molecule has 0 fully saturated rings. The molecule has 5 nitrogen and oxygen atoms in total. The van der Waals surface area contributed by atoms with Gasteiger partial charge in [-0.2, -0.15) is 5.26 Å². The lowest BCUT2D eigenvalue weighted by Gasteiger charge is -2.12. The molecule has 3 N–H and O–H groups in total. The molecule has 1 rings (SSSR count). The molecule has 0 amide bonds. The van der Waals surface area contributed by atoms with Gasteiger partial charge in [-0.05, 0) is 5.56 Å². The number of rotatable bonds is 4. The maximum absolute atomic E-state index is 12.6. The molecule has 0 atom stereocenters. The standard InChI is InChI=1S/C10H9F2N3O2/c11-10(12)7-4-15-8(3-14)5(1-9(16)17)6(7)2-13/h4,10H,1-2,13H2,(H,16,17). The Morgan fingerprint density at radius 3 is 2.65 bits per heavy atom. The number of hydrogen-bond donors (Lipinski definition) is 2. The van der Waals surface area contributed by atoms with E-state index >= 15 is 0 Å². The molecule has 0 unspecified atom stereocenters. The number of pyridine rings is 1. The quantitative estimate of drug-likeness (QED) is 0.818. The molecular weight excluding hydrogens is 232 g/mol. The Kier molecular flexibility index (Phi) is 4.06. The van der Waals surface area contributed by atoms with Crippen LogP contribution in [-0.4, -0.2) is 16.1 Å². The lowest BCUT2D eigenvalue weighted by Crippen LogP contribution is -2.13. The van der Waals surface area contributed by atoms with E-state index in [0.29, 0.717) is 0 Å². The van der Waals surface area contributed by atoms with Crippen molar-refractivity contribution in [3.05, 3.63) is 28.6 Å². The Labute approximate surface area is 95.5 Å². The minimum absolute atomic E-state index is 0.0195. The van der Waals surface area contributed by atoms with Gasteiger partial charge in [-0.25, -0.2) is 13.8 Å². The van der Waals surface area contributed by atoms with E-state index in [2.05, 4.69) is 4.98 Å². The van der Waals surface area contributed by atoms with Gasteiger partial charge in [0, 0.05) is 23.9 Å². The molecule has 0 saturated carbocycles. The highest BCUT2D eigenvalue weighted by Crippen LogP contribution is 2.26. The number of nitrogens with zero attached hydrogens (tertiary/aromatic N) is 2. The molecule has 1 aromatic heterocycles. The highest BCUT2D eigenvalue weighted by atomic mass is 19.3. The maximum Gasteiger partial charge on any atom is 0.307 e. The molecule has 17 heavy (non-hydrogen) atoms. The van der Waals surface area contributed by atoms with E-state index in [0.717, 1.165) is 6.20 Å². The summed E-state index contributed by atoms with van der Waals surface area (Å²) in [4.78, 5) is 14.1. The van der Waals surface area contributed by atoms with Crippen molar-refractivity contribution in [3.63, 3.8) is 0 Å². The van der Waals surface area contributed by atoms with Gasteiger partial charge in [0.1, 0.15) is 11.8 Å². The Balaban J connectivity index is 3.44. The number of alkyl halides is 2. The van der Waals surface area contributed by atoms with E-state index in [9.17, 15) is 13.6 Å². The van der Waals surface area contributed by atoms with Crippen LogP contribution in [0.5, 0.6) is 0 Å². The zero-order chi connectivity index (χ0) is 13.0. The summed E-state index contributed by atoms with van der Waals surface area (Å²) in [5.41, 5.74) is 4.65. The number of aliphatic carboxylic acids is 1. The summed E-state index contributed by atoms with van der Waals surface area (Å²) in [7, 11) is 0. The van der Waals surface area contributed by atoms with Gasteiger partial charge in [-0.3, -0.25) is 4.79 Å². The normalized spacial score (nSPS) is 10.3. The molecule has 0 spiro atoms.